The van der Waals surface area contributed by atoms with Crippen LogP contribution in [0.5, 0.6) is 11.5 Å². The third-order valence-corrected chi connectivity index (χ3v) is 6.56. The number of hydrogen-bond donors (Lipinski definition) is 1. The molecule has 9 heteroatoms. The Hall–Kier alpha value is -2.80. The summed E-state index contributed by atoms with van der Waals surface area (Å²) in [6.07, 6.45) is 0. The fourth-order valence-electron chi connectivity index (χ4n) is 4.12. The Kier molecular flexibility index (Phi) is 6.15. The lowest BCUT2D eigenvalue weighted by Crippen LogP contribution is -2.51. The van der Waals surface area contributed by atoms with Gasteiger partial charge in [-0.1, -0.05) is 46.9 Å². The minimum absolute atomic E-state index is 0.114. The van der Waals surface area contributed by atoms with Gasteiger partial charge in [0.05, 0.1) is 16.8 Å². The van der Waals surface area contributed by atoms with Gasteiger partial charge in [0.2, 0.25) is 6.79 Å². The maximum Gasteiger partial charge on any atom is 0.321 e. The van der Waals surface area contributed by atoms with E-state index >= 15 is 0 Å². The van der Waals surface area contributed by atoms with Gasteiger partial charge in [0.1, 0.15) is 0 Å². The summed E-state index contributed by atoms with van der Waals surface area (Å²) in [4.78, 5) is 17.1. The molecule has 3 aromatic rings. The van der Waals surface area contributed by atoms with Crippen molar-refractivity contribution in [1.82, 2.24) is 4.90 Å². The van der Waals surface area contributed by atoms with Crippen molar-refractivity contribution in [2.24, 2.45) is 0 Å². The molecule has 2 aliphatic heterocycles. The minimum Gasteiger partial charge on any atom is -0.454 e. The van der Waals surface area contributed by atoms with Crippen molar-refractivity contribution in [2.75, 3.05) is 36.6 Å². The molecular formula is C24H20Cl3N3O3. The molecule has 0 aliphatic carbocycles. The smallest absolute Gasteiger partial charge is 0.321 e. The van der Waals surface area contributed by atoms with Gasteiger partial charge >= 0.3 is 6.03 Å². The summed E-state index contributed by atoms with van der Waals surface area (Å²) in [6, 6.07) is 18.2. The monoisotopic (exact) mass is 503 g/mol. The first-order valence-electron chi connectivity index (χ1n) is 10.4. The normalized spacial score (nSPS) is 17.2. The predicted octanol–water partition coefficient (Wildman–Crippen LogP) is 6.47. The number of ether oxygens (including phenoxy) is 2. The van der Waals surface area contributed by atoms with Crippen LogP contribution in [0.15, 0.2) is 60.7 Å². The van der Waals surface area contributed by atoms with Crippen molar-refractivity contribution < 1.29 is 14.3 Å². The molecule has 0 aromatic heterocycles. The van der Waals surface area contributed by atoms with Gasteiger partial charge in [-0.2, -0.15) is 0 Å². The van der Waals surface area contributed by atoms with Crippen molar-refractivity contribution >= 4 is 52.2 Å². The average molecular weight is 505 g/mol. The Morgan fingerprint density at radius 1 is 0.879 bits per heavy atom. The molecule has 1 saturated heterocycles. The third-order valence-electron chi connectivity index (χ3n) is 5.77. The number of nitrogens with zero attached hydrogens (tertiary/aromatic N) is 2. The number of nitrogens with one attached hydrogen (secondary N) is 1. The number of amides is 2. The maximum absolute atomic E-state index is 13.1. The van der Waals surface area contributed by atoms with Crippen LogP contribution in [0.3, 0.4) is 0 Å². The third kappa shape index (κ3) is 4.64. The Morgan fingerprint density at radius 3 is 2.42 bits per heavy atom. The second kappa shape index (κ2) is 9.21. The molecule has 1 fully saturated rings. The standard InChI is InChI=1S/C24H20Cl3N3O3/c25-16-3-1-15(2-4-16)21-13-29(9-10-30(21)20-7-5-17(26)11-19(20)27)24(31)28-18-6-8-22-23(12-18)33-14-32-22/h1-8,11-12,21H,9-10,13-14H2,(H,28,31). The summed E-state index contributed by atoms with van der Waals surface area (Å²) < 4.78 is 10.7. The number of benzene rings is 3. The lowest BCUT2D eigenvalue weighted by atomic mass is 10.0. The van der Waals surface area contributed by atoms with Crippen molar-refractivity contribution in [1.29, 1.82) is 0 Å². The van der Waals surface area contributed by atoms with E-state index in [4.69, 9.17) is 44.3 Å². The largest absolute Gasteiger partial charge is 0.454 e. The molecule has 170 valence electrons. The quantitative estimate of drug-likeness (QED) is 0.444. The summed E-state index contributed by atoms with van der Waals surface area (Å²) in [5.41, 5.74) is 2.55. The molecule has 6 nitrogen and oxygen atoms in total. The zero-order valence-corrected chi connectivity index (χ0v) is 19.7. The van der Waals surface area contributed by atoms with Gasteiger partial charge in [-0.3, -0.25) is 0 Å². The van der Waals surface area contributed by atoms with Crippen LogP contribution >= 0.6 is 34.8 Å². The number of halogens is 3. The topological polar surface area (TPSA) is 54.0 Å². The van der Waals surface area contributed by atoms with Gasteiger partial charge in [-0.05, 0) is 48.0 Å². The first-order valence-corrected chi connectivity index (χ1v) is 11.5. The predicted molar refractivity (Wildman–Crippen MR) is 131 cm³/mol. The van der Waals surface area contributed by atoms with Crippen molar-refractivity contribution in [3.63, 3.8) is 0 Å². The van der Waals surface area contributed by atoms with E-state index in [1.807, 2.05) is 36.4 Å². The van der Waals surface area contributed by atoms with Gasteiger partial charge in [0.25, 0.3) is 0 Å². The van der Waals surface area contributed by atoms with E-state index in [2.05, 4.69) is 10.2 Å². The van der Waals surface area contributed by atoms with Crippen LogP contribution < -0.4 is 19.7 Å². The minimum atomic E-state index is -0.185. The highest BCUT2D eigenvalue weighted by molar-refractivity contribution is 6.36. The number of fused-ring (bicyclic) bond motifs is 1. The Morgan fingerprint density at radius 2 is 1.64 bits per heavy atom. The average Bonchev–Trinajstić information content (AvgIpc) is 3.27. The van der Waals surface area contributed by atoms with E-state index in [1.54, 1.807) is 29.2 Å². The van der Waals surface area contributed by atoms with Crippen LogP contribution in [0, 0.1) is 0 Å². The number of carbonyl (C=O) groups is 1. The van der Waals surface area contributed by atoms with E-state index in [1.165, 1.54) is 0 Å². The van der Waals surface area contributed by atoms with E-state index in [0.717, 1.165) is 11.3 Å². The molecule has 2 heterocycles. The van der Waals surface area contributed by atoms with Crippen LogP contribution in [0.2, 0.25) is 15.1 Å². The molecule has 5 rings (SSSR count). The van der Waals surface area contributed by atoms with Gasteiger partial charge in [-0.25, -0.2) is 4.79 Å². The second-order valence-electron chi connectivity index (χ2n) is 7.80. The van der Waals surface area contributed by atoms with Crippen molar-refractivity contribution in [3.05, 3.63) is 81.3 Å². The Labute approximate surface area is 206 Å². The molecule has 2 aliphatic rings. The van der Waals surface area contributed by atoms with Gasteiger partial charge in [0.15, 0.2) is 11.5 Å². The lowest BCUT2D eigenvalue weighted by Gasteiger charge is -2.43. The number of anilines is 2. The molecule has 0 radical (unpaired) electrons. The number of hydrogen-bond acceptors (Lipinski definition) is 4. The molecule has 1 unspecified atom stereocenters. The highest BCUT2D eigenvalue weighted by Crippen LogP contribution is 2.37. The Bertz CT molecular complexity index is 1190. The Balaban J connectivity index is 1.39. The molecule has 0 saturated carbocycles. The molecule has 1 N–H and O–H groups in total. The molecule has 33 heavy (non-hydrogen) atoms. The van der Waals surface area contributed by atoms with Crippen LogP contribution in [-0.4, -0.2) is 37.4 Å². The van der Waals surface area contributed by atoms with Crippen LogP contribution in [-0.2, 0) is 0 Å². The summed E-state index contributed by atoms with van der Waals surface area (Å²) in [5, 5.41) is 4.77. The number of carbonyl (C=O) groups excluding carboxylic acids is 1. The van der Waals surface area contributed by atoms with Crippen molar-refractivity contribution in [3.8, 4) is 11.5 Å². The zero-order chi connectivity index (χ0) is 22.9. The van der Waals surface area contributed by atoms with Crippen LogP contribution in [0.25, 0.3) is 0 Å². The van der Waals surface area contributed by atoms with Crippen LogP contribution in [0.4, 0.5) is 16.2 Å². The molecule has 2 amide bonds. The second-order valence-corrected chi connectivity index (χ2v) is 9.08. The highest BCUT2D eigenvalue weighted by atomic mass is 35.5. The molecule has 1 atom stereocenters. The summed E-state index contributed by atoms with van der Waals surface area (Å²) in [6.45, 7) is 1.78. The van der Waals surface area contributed by atoms with E-state index in [0.29, 0.717) is 51.9 Å². The molecule has 3 aromatic carbocycles. The fraction of sp³-hybridized carbons (Fsp3) is 0.208. The van der Waals surface area contributed by atoms with E-state index in [9.17, 15) is 4.79 Å². The van der Waals surface area contributed by atoms with E-state index in [-0.39, 0.29) is 18.9 Å². The fourth-order valence-corrected chi connectivity index (χ4v) is 4.76. The first-order chi connectivity index (χ1) is 16.0. The van der Waals surface area contributed by atoms with Gasteiger partial charge < -0.3 is 24.6 Å². The SMILES string of the molecule is O=C(Nc1ccc2c(c1)OCO2)N1CCN(c2ccc(Cl)cc2Cl)C(c2ccc(Cl)cc2)C1. The van der Waals surface area contributed by atoms with Crippen LogP contribution in [0.1, 0.15) is 11.6 Å². The summed E-state index contributed by atoms with van der Waals surface area (Å²) in [7, 11) is 0. The van der Waals surface area contributed by atoms with Crippen molar-refractivity contribution in [2.45, 2.75) is 6.04 Å². The van der Waals surface area contributed by atoms with Gasteiger partial charge in [0, 0.05) is 41.4 Å². The molecule has 0 bridgehead atoms. The maximum atomic E-state index is 13.1. The number of rotatable bonds is 3. The first kappa shape index (κ1) is 22.0. The van der Waals surface area contributed by atoms with Gasteiger partial charge in [-0.15, -0.1) is 0 Å². The van der Waals surface area contributed by atoms with E-state index < -0.39 is 0 Å². The lowest BCUT2D eigenvalue weighted by molar-refractivity contribution is 0.174. The molecule has 0 spiro atoms. The highest BCUT2D eigenvalue weighted by Gasteiger charge is 2.32. The molecular weight excluding hydrogens is 485 g/mol. The zero-order valence-electron chi connectivity index (χ0n) is 17.4. The summed E-state index contributed by atoms with van der Waals surface area (Å²) in [5.74, 6) is 1.29. The summed E-state index contributed by atoms with van der Waals surface area (Å²) >= 11 is 18.8. The number of piperazine rings is 1. The number of urea groups is 1.